The highest BCUT2D eigenvalue weighted by Gasteiger charge is 2.32. The van der Waals surface area contributed by atoms with Crippen LogP contribution in [-0.4, -0.2) is 35.3 Å². The van der Waals surface area contributed by atoms with E-state index in [9.17, 15) is 5.11 Å². The molecule has 3 heteroatoms. The van der Waals surface area contributed by atoms with Crippen LogP contribution in [0.25, 0.3) is 0 Å². The number of rotatable bonds is 7. The van der Waals surface area contributed by atoms with Crippen LogP contribution < -0.4 is 5.32 Å². The summed E-state index contributed by atoms with van der Waals surface area (Å²) in [4.78, 5) is 0. The van der Waals surface area contributed by atoms with Crippen LogP contribution >= 0.6 is 11.8 Å². The van der Waals surface area contributed by atoms with Crippen molar-refractivity contribution in [3.63, 3.8) is 0 Å². The summed E-state index contributed by atoms with van der Waals surface area (Å²) in [5.74, 6) is 1.68. The van der Waals surface area contributed by atoms with Crippen LogP contribution in [0.4, 0.5) is 0 Å². The minimum absolute atomic E-state index is 0.495. The van der Waals surface area contributed by atoms with Gasteiger partial charge in [-0.15, -0.1) is 0 Å². The highest BCUT2D eigenvalue weighted by Crippen LogP contribution is 2.40. The molecule has 2 N–H and O–H groups in total. The summed E-state index contributed by atoms with van der Waals surface area (Å²) in [6.07, 6.45) is 8.53. The van der Waals surface area contributed by atoms with Gasteiger partial charge in [0, 0.05) is 18.3 Å². The van der Waals surface area contributed by atoms with Crippen LogP contribution in [0.3, 0.4) is 0 Å². The van der Waals surface area contributed by atoms with Crippen molar-refractivity contribution in [3.05, 3.63) is 0 Å². The molecule has 0 saturated heterocycles. The lowest BCUT2D eigenvalue weighted by atomic mass is 9.69. The molecule has 0 aliphatic heterocycles. The van der Waals surface area contributed by atoms with Crippen molar-refractivity contribution in [2.75, 3.05) is 18.6 Å². The molecule has 1 rings (SSSR count). The summed E-state index contributed by atoms with van der Waals surface area (Å²) < 4.78 is 0. The fourth-order valence-electron chi connectivity index (χ4n) is 3.09. The molecule has 0 aromatic carbocycles. The fraction of sp³-hybridized carbons (Fsp3) is 1.00. The molecule has 1 atom stereocenters. The standard InChI is InChI=1S/C16H33NOS/c1-6-15(2,3)13-7-9-14(10-8-13)17-11-16(4,18)12-19-5/h13-14,17-18H,6-12H2,1-5H3. The van der Waals surface area contributed by atoms with Gasteiger partial charge in [0.05, 0.1) is 5.60 Å². The number of hydrogen-bond acceptors (Lipinski definition) is 3. The van der Waals surface area contributed by atoms with Crippen molar-refractivity contribution in [1.29, 1.82) is 0 Å². The Balaban J connectivity index is 2.31. The largest absolute Gasteiger partial charge is 0.388 e. The summed E-state index contributed by atoms with van der Waals surface area (Å²) in [6.45, 7) is 9.79. The van der Waals surface area contributed by atoms with Crippen LogP contribution in [0, 0.1) is 11.3 Å². The third-order valence-corrected chi connectivity index (χ3v) is 5.88. The van der Waals surface area contributed by atoms with Crippen molar-refractivity contribution < 1.29 is 5.11 Å². The molecule has 0 spiro atoms. The average molecular weight is 288 g/mol. The molecule has 0 amide bonds. The van der Waals surface area contributed by atoms with Crippen LogP contribution in [0.5, 0.6) is 0 Å². The van der Waals surface area contributed by atoms with E-state index in [1.807, 2.05) is 13.2 Å². The predicted octanol–water partition coefficient (Wildman–Crippen LogP) is 3.69. The van der Waals surface area contributed by atoms with E-state index in [1.54, 1.807) is 11.8 Å². The van der Waals surface area contributed by atoms with E-state index < -0.39 is 5.60 Å². The summed E-state index contributed by atoms with van der Waals surface area (Å²) in [5, 5.41) is 13.8. The summed E-state index contributed by atoms with van der Waals surface area (Å²) in [7, 11) is 0. The molecule has 114 valence electrons. The molecule has 0 aromatic heterocycles. The lowest BCUT2D eigenvalue weighted by molar-refractivity contribution is 0.0738. The molecule has 0 bridgehead atoms. The normalized spacial score (nSPS) is 28.1. The van der Waals surface area contributed by atoms with E-state index >= 15 is 0 Å². The lowest BCUT2D eigenvalue weighted by Gasteiger charge is -2.39. The van der Waals surface area contributed by atoms with E-state index in [-0.39, 0.29) is 0 Å². The van der Waals surface area contributed by atoms with E-state index in [2.05, 4.69) is 26.1 Å². The molecule has 1 unspecified atom stereocenters. The number of hydrogen-bond donors (Lipinski definition) is 2. The second-order valence-corrected chi connectivity index (χ2v) is 8.07. The minimum Gasteiger partial charge on any atom is -0.388 e. The first-order valence-corrected chi connectivity index (χ1v) is 9.15. The first-order valence-electron chi connectivity index (χ1n) is 7.75. The second kappa shape index (κ2) is 7.33. The van der Waals surface area contributed by atoms with Gasteiger partial charge in [0.1, 0.15) is 0 Å². The highest BCUT2D eigenvalue weighted by molar-refractivity contribution is 7.98. The number of nitrogens with one attached hydrogen (secondary N) is 1. The zero-order valence-corrected chi connectivity index (χ0v) is 14.3. The van der Waals surface area contributed by atoms with Crippen molar-refractivity contribution in [3.8, 4) is 0 Å². The highest BCUT2D eigenvalue weighted by atomic mass is 32.2. The Bertz CT molecular complexity index is 257. The van der Waals surface area contributed by atoms with Crippen molar-refractivity contribution >= 4 is 11.8 Å². The van der Waals surface area contributed by atoms with E-state index in [1.165, 1.54) is 32.1 Å². The molecule has 1 aliphatic carbocycles. The van der Waals surface area contributed by atoms with Gasteiger partial charge in [-0.3, -0.25) is 0 Å². The summed E-state index contributed by atoms with van der Waals surface area (Å²) >= 11 is 1.71. The molecule has 1 saturated carbocycles. The fourth-order valence-corrected chi connectivity index (χ4v) is 3.82. The van der Waals surface area contributed by atoms with Crippen LogP contribution in [0.1, 0.15) is 59.8 Å². The molecule has 0 aromatic rings. The van der Waals surface area contributed by atoms with Crippen molar-refractivity contribution in [2.24, 2.45) is 11.3 Å². The molecule has 0 radical (unpaired) electrons. The quantitative estimate of drug-likeness (QED) is 0.749. The van der Waals surface area contributed by atoms with Crippen LogP contribution in [0.2, 0.25) is 0 Å². The van der Waals surface area contributed by atoms with Crippen LogP contribution in [0.15, 0.2) is 0 Å². The molecular formula is C16H33NOS. The zero-order valence-electron chi connectivity index (χ0n) is 13.5. The second-order valence-electron chi connectivity index (χ2n) is 7.20. The monoisotopic (exact) mass is 287 g/mol. The maximum atomic E-state index is 10.2. The summed E-state index contributed by atoms with van der Waals surface area (Å²) in [5.41, 5.74) is -0.0751. The van der Waals surface area contributed by atoms with Crippen molar-refractivity contribution in [2.45, 2.75) is 71.4 Å². The minimum atomic E-state index is -0.570. The van der Waals surface area contributed by atoms with Gasteiger partial charge in [0.25, 0.3) is 0 Å². The first kappa shape index (κ1) is 17.3. The Hall–Kier alpha value is 0.270. The van der Waals surface area contributed by atoms with Crippen LogP contribution in [-0.2, 0) is 0 Å². The van der Waals surface area contributed by atoms with Gasteiger partial charge in [-0.25, -0.2) is 0 Å². The first-order chi connectivity index (χ1) is 8.80. The van der Waals surface area contributed by atoms with Gasteiger partial charge in [-0.2, -0.15) is 11.8 Å². The smallest absolute Gasteiger partial charge is 0.0833 e. The Kier molecular flexibility index (Phi) is 6.68. The third kappa shape index (κ3) is 5.65. The van der Waals surface area contributed by atoms with E-state index in [4.69, 9.17) is 0 Å². The molecule has 0 heterocycles. The maximum Gasteiger partial charge on any atom is 0.0833 e. The molecule has 1 aliphatic rings. The topological polar surface area (TPSA) is 32.3 Å². The predicted molar refractivity (Wildman–Crippen MR) is 86.8 cm³/mol. The van der Waals surface area contributed by atoms with E-state index in [0.717, 1.165) is 18.2 Å². The van der Waals surface area contributed by atoms with Crippen molar-refractivity contribution in [1.82, 2.24) is 5.32 Å². The van der Waals surface area contributed by atoms with Gasteiger partial charge in [-0.05, 0) is 50.2 Å². The molecule has 1 fully saturated rings. The van der Waals surface area contributed by atoms with Gasteiger partial charge < -0.3 is 10.4 Å². The third-order valence-electron chi connectivity index (χ3n) is 4.97. The van der Waals surface area contributed by atoms with Gasteiger partial charge in [0.2, 0.25) is 0 Å². The van der Waals surface area contributed by atoms with Gasteiger partial charge in [-0.1, -0.05) is 27.2 Å². The Labute approximate surface area is 124 Å². The SMILES string of the molecule is CCC(C)(C)C1CCC(NCC(C)(O)CSC)CC1. The number of aliphatic hydroxyl groups is 1. The molecule has 19 heavy (non-hydrogen) atoms. The Morgan fingerprint density at radius 2 is 1.74 bits per heavy atom. The molecular weight excluding hydrogens is 254 g/mol. The number of thioether (sulfide) groups is 1. The summed E-state index contributed by atoms with van der Waals surface area (Å²) in [6, 6.07) is 0.609. The maximum absolute atomic E-state index is 10.2. The molecule has 2 nitrogen and oxygen atoms in total. The zero-order chi connectivity index (χ0) is 14.5. The Morgan fingerprint density at radius 1 is 1.16 bits per heavy atom. The van der Waals surface area contributed by atoms with Gasteiger partial charge in [0.15, 0.2) is 0 Å². The van der Waals surface area contributed by atoms with E-state index in [0.29, 0.717) is 11.5 Å². The lowest BCUT2D eigenvalue weighted by Crippen LogP contribution is -2.45. The average Bonchev–Trinajstić information content (AvgIpc) is 2.37. The Morgan fingerprint density at radius 3 is 2.21 bits per heavy atom. The van der Waals surface area contributed by atoms with Gasteiger partial charge >= 0.3 is 0 Å².